The van der Waals surface area contributed by atoms with Gasteiger partial charge in [0.15, 0.2) is 0 Å². The summed E-state index contributed by atoms with van der Waals surface area (Å²) in [6.07, 6.45) is 4.96. The molecule has 3 aliphatic rings. The number of fused-ring (bicyclic) bond motifs is 1. The van der Waals surface area contributed by atoms with Crippen LogP contribution in [0, 0.1) is 29.4 Å². The number of hydrogen-bond acceptors (Lipinski definition) is 6. The third kappa shape index (κ3) is 3.69. The van der Waals surface area contributed by atoms with Crippen molar-refractivity contribution in [1.82, 2.24) is 15.0 Å². The van der Waals surface area contributed by atoms with Gasteiger partial charge < -0.3 is 10.6 Å². The van der Waals surface area contributed by atoms with Crippen LogP contribution in [0.15, 0.2) is 35.6 Å². The molecular formula is C22H22F2N6O2. The summed E-state index contributed by atoms with van der Waals surface area (Å²) in [5.41, 5.74) is 5.89. The second-order valence-corrected chi connectivity index (χ2v) is 8.63. The van der Waals surface area contributed by atoms with Crippen LogP contribution in [0.2, 0.25) is 0 Å². The molecule has 1 saturated carbocycles. The Balaban J connectivity index is 1.26. The van der Waals surface area contributed by atoms with Crippen molar-refractivity contribution >= 4 is 24.0 Å². The molecule has 1 aliphatic carbocycles. The summed E-state index contributed by atoms with van der Waals surface area (Å²) in [7, 11) is 0. The Morgan fingerprint density at radius 3 is 2.41 bits per heavy atom. The highest BCUT2D eigenvalue weighted by Crippen LogP contribution is 2.44. The molecule has 32 heavy (non-hydrogen) atoms. The second-order valence-electron chi connectivity index (χ2n) is 8.63. The van der Waals surface area contributed by atoms with E-state index in [9.17, 15) is 18.4 Å². The van der Waals surface area contributed by atoms with E-state index >= 15 is 0 Å². The molecule has 0 bridgehead atoms. The number of hydrogen-bond donors (Lipinski definition) is 1. The summed E-state index contributed by atoms with van der Waals surface area (Å²) < 4.78 is 27.4. The topological polar surface area (TPSA) is 105 Å². The van der Waals surface area contributed by atoms with Crippen LogP contribution in [0.5, 0.6) is 0 Å². The van der Waals surface area contributed by atoms with E-state index in [1.165, 1.54) is 29.4 Å². The van der Waals surface area contributed by atoms with Crippen LogP contribution < -0.4 is 10.6 Å². The van der Waals surface area contributed by atoms with Crippen molar-refractivity contribution in [3.8, 4) is 0 Å². The van der Waals surface area contributed by atoms with Crippen molar-refractivity contribution in [2.75, 3.05) is 18.0 Å². The molecule has 2 aromatic rings. The van der Waals surface area contributed by atoms with Crippen molar-refractivity contribution in [3.63, 3.8) is 0 Å². The predicted molar refractivity (Wildman–Crippen MR) is 112 cm³/mol. The molecule has 0 spiro atoms. The number of benzene rings is 1. The molecular weight excluding hydrogens is 418 g/mol. The minimum Gasteiger partial charge on any atom is -0.364 e. The van der Waals surface area contributed by atoms with E-state index in [0.29, 0.717) is 55.7 Å². The summed E-state index contributed by atoms with van der Waals surface area (Å²) in [5, 5.41) is 5.61. The van der Waals surface area contributed by atoms with Crippen molar-refractivity contribution in [2.45, 2.75) is 25.3 Å². The lowest BCUT2D eigenvalue weighted by atomic mass is 10.0. The number of nitrogens with zero attached hydrogens (tertiary/aromatic N) is 5. The van der Waals surface area contributed by atoms with Crippen LogP contribution in [-0.2, 0) is 4.79 Å². The molecule has 166 valence electrons. The first-order chi connectivity index (χ1) is 15.4. The molecule has 2 aliphatic heterocycles. The van der Waals surface area contributed by atoms with Crippen LogP contribution in [0.3, 0.4) is 0 Å². The van der Waals surface area contributed by atoms with E-state index in [1.54, 1.807) is 6.21 Å². The summed E-state index contributed by atoms with van der Waals surface area (Å²) in [5.74, 6) is -1.19. The zero-order valence-corrected chi connectivity index (χ0v) is 17.2. The van der Waals surface area contributed by atoms with Crippen LogP contribution in [0.4, 0.5) is 14.7 Å². The highest BCUT2D eigenvalue weighted by atomic mass is 19.1. The molecule has 1 saturated heterocycles. The number of carbonyl (C=O) groups excluding carboxylic acids is 2. The van der Waals surface area contributed by atoms with Crippen LogP contribution in [0.1, 0.15) is 41.4 Å². The van der Waals surface area contributed by atoms with E-state index in [-0.39, 0.29) is 17.5 Å². The number of aromatic nitrogens is 2. The van der Waals surface area contributed by atoms with Gasteiger partial charge in [0.2, 0.25) is 11.9 Å². The van der Waals surface area contributed by atoms with E-state index in [0.717, 1.165) is 6.07 Å². The van der Waals surface area contributed by atoms with Crippen molar-refractivity contribution in [1.29, 1.82) is 0 Å². The Morgan fingerprint density at radius 2 is 1.75 bits per heavy atom. The van der Waals surface area contributed by atoms with Crippen molar-refractivity contribution < 1.29 is 18.4 Å². The Labute approximate surface area is 183 Å². The molecule has 3 heterocycles. The van der Waals surface area contributed by atoms with Gasteiger partial charge in [-0.05, 0) is 48.4 Å². The van der Waals surface area contributed by atoms with Gasteiger partial charge in [0.1, 0.15) is 17.3 Å². The number of nitrogens with two attached hydrogens (primary N) is 1. The first-order valence-corrected chi connectivity index (χ1v) is 10.6. The maximum Gasteiger partial charge on any atom is 0.267 e. The van der Waals surface area contributed by atoms with Crippen LogP contribution >= 0.6 is 0 Å². The Bertz CT molecular complexity index is 1080. The van der Waals surface area contributed by atoms with Crippen molar-refractivity contribution in [2.24, 2.45) is 28.6 Å². The number of primary amides is 1. The highest BCUT2D eigenvalue weighted by molar-refractivity contribution is 5.90. The molecule has 1 aromatic carbocycles. The fourth-order valence-electron chi connectivity index (χ4n) is 5.16. The summed E-state index contributed by atoms with van der Waals surface area (Å²) in [6, 6.07) is 4.32. The zero-order valence-electron chi connectivity index (χ0n) is 17.2. The fraction of sp³-hybridized carbons (Fsp3) is 0.409. The monoisotopic (exact) mass is 440 g/mol. The molecule has 2 fully saturated rings. The van der Waals surface area contributed by atoms with Gasteiger partial charge in [0.05, 0.1) is 6.04 Å². The average molecular weight is 440 g/mol. The average Bonchev–Trinajstić information content (AvgIpc) is 3.47. The number of rotatable bonds is 4. The first-order valence-electron chi connectivity index (χ1n) is 10.6. The molecule has 0 radical (unpaired) electrons. The summed E-state index contributed by atoms with van der Waals surface area (Å²) >= 11 is 0. The van der Waals surface area contributed by atoms with Gasteiger partial charge >= 0.3 is 0 Å². The Morgan fingerprint density at radius 1 is 1.06 bits per heavy atom. The van der Waals surface area contributed by atoms with Gasteiger partial charge in [0.25, 0.3) is 5.91 Å². The second kappa shape index (κ2) is 7.92. The van der Waals surface area contributed by atoms with E-state index in [2.05, 4.69) is 15.1 Å². The first kappa shape index (κ1) is 20.5. The Hall–Kier alpha value is -3.43. The quantitative estimate of drug-likeness (QED) is 0.785. The maximum atomic E-state index is 13.7. The lowest BCUT2D eigenvalue weighted by Crippen LogP contribution is -2.33. The third-order valence-electron chi connectivity index (χ3n) is 6.60. The number of halogens is 2. The Kier molecular flexibility index (Phi) is 5.07. The predicted octanol–water partition coefficient (Wildman–Crippen LogP) is 2.28. The SMILES string of the molecule is NC(=O)c1ccnc(N2C[C@H]3CC(C(=O)N4N=CC[C@H]4c4cc(F)cc(F)c4)C[C@@H]3C2)n1. The van der Waals surface area contributed by atoms with Crippen LogP contribution in [-0.4, -0.2) is 46.1 Å². The number of carbonyl (C=O) groups is 2. The molecule has 0 unspecified atom stereocenters. The lowest BCUT2D eigenvalue weighted by Gasteiger charge is -2.26. The molecule has 5 rings (SSSR count). The van der Waals surface area contributed by atoms with E-state index in [4.69, 9.17) is 5.73 Å². The molecule has 2 N–H and O–H groups in total. The largest absolute Gasteiger partial charge is 0.364 e. The standard InChI is InChI=1S/C22H22F2N6O2/c23-16-7-12(8-17(24)9-16)19-2-4-27-30(19)21(32)13-5-14-10-29(11-15(14)6-13)22-26-3-1-18(28-22)20(25)31/h1,3-4,7-9,13-15,19H,2,5-6,10-11H2,(H2,25,31)/t14-,15-,19+/m1/s1. The summed E-state index contributed by atoms with van der Waals surface area (Å²) in [6.45, 7) is 1.39. The minimum absolute atomic E-state index is 0.110. The van der Waals surface area contributed by atoms with Crippen LogP contribution in [0.25, 0.3) is 0 Å². The lowest BCUT2D eigenvalue weighted by molar-refractivity contribution is -0.137. The van der Waals surface area contributed by atoms with E-state index < -0.39 is 23.6 Å². The normalized spacial score (nSPS) is 24.9. The third-order valence-corrected chi connectivity index (χ3v) is 6.60. The summed E-state index contributed by atoms with van der Waals surface area (Å²) in [4.78, 5) is 35.2. The van der Waals surface area contributed by atoms with Gasteiger partial charge in [-0.3, -0.25) is 9.59 Å². The van der Waals surface area contributed by atoms with E-state index in [1.807, 2.05) is 4.90 Å². The van der Waals surface area contributed by atoms with Gasteiger partial charge in [-0.25, -0.2) is 23.8 Å². The number of amides is 2. The molecule has 1 aromatic heterocycles. The highest BCUT2D eigenvalue weighted by Gasteiger charge is 2.46. The van der Waals surface area contributed by atoms with Gasteiger partial charge in [0, 0.05) is 43.9 Å². The van der Waals surface area contributed by atoms with Gasteiger partial charge in [-0.15, -0.1) is 0 Å². The zero-order chi connectivity index (χ0) is 22.4. The number of anilines is 1. The molecule has 2 amide bonds. The number of hydrazone groups is 1. The van der Waals surface area contributed by atoms with Crippen molar-refractivity contribution in [3.05, 3.63) is 53.4 Å². The maximum absolute atomic E-state index is 13.7. The van der Waals surface area contributed by atoms with Gasteiger partial charge in [-0.1, -0.05) is 0 Å². The minimum atomic E-state index is -0.669. The molecule has 8 nitrogen and oxygen atoms in total. The molecule has 3 atom stereocenters. The fourth-order valence-corrected chi connectivity index (χ4v) is 5.16. The smallest absolute Gasteiger partial charge is 0.267 e. The molecule has 10 heteroatoms. The van der Waals surface area contributed by atoms with Gasteiger partial charge in [-0.2, -0.15) is 5.10 Å².